The number of rotatable bonds is 9. The molecule has 0 spiro atoms. The fourth-order valence-electron chi connectivity index (χ4n) is 2.11. The Labute approximate surface area is 115 Å². The fourth-order valence-corrected chi connectivity index (χ4v) is 2.11. The zero-order valence-corrected chi connectivity index (χ0v) is 11.6. The molecule has 0 bridgehead atoms. The molecule has 19 heavy (non-hydrogen) atoms. The van der Waals surface area contributed by atoms with Crippen LogP contribution in [0.4, 0.5) is 0 Å². The summed E-state index contributed by atoms with van der Waals surface area (Å²) >= 11 is 0. The van der Waals surface area contributed by atoms with Gasteiger partial charge in [0.15, 0.2) is 0 Å². The van der Waals surface area contributed by atoms with Crippen LogP contribution in [0.5, 0.6) is 0 Å². The molecule has 1 aromatic carbocycles. The number of nitrogens with zero attached hydrogens (tertiary/aromatic N) is 1. The van der Waals surface area contributed by atoms with E-state index in [0.29, 0.717) is 6.54 Å². The van der Waals surface area contributed by atoms with E-state index in [1.165, 1.54) is 6.08 Å². The number of aliphatic carboxylic acids is 1. The normalized spacial score (nSPS) is 12.3. The van der Waals surface area contributed by atoms with Crippen LogP contribution in [0.3, 0.4) is 0 Å². The second-order valence-corrected chi connectivity index (χ2v) is 4.68. The molecule has 1 N–H and O–H groups in total. The molecule has 1 aromatic rings. The molecule has 1 unspecified atom stereocenters. The molecular formula is C16H23NO2. The number of hydrogen-bond acceptors (Lipinski definition) is 2. The zero-order valence-electron chi connectivity index (χ0n) is 11.6. The Bertz CT molecular complexity index is 389. The summed E-state index contributed by atoms with van der Waals surface area (Å²) < 4.78 is 0. The smallest absolute Gasteiger partial charge is 0.324 e. The maximum atomic E-state index is 11.3. The van der Waals surface area contributed by atoms with Crippen LogP contribution in [0.25, 0.3) is 0 Å². The molecule has 0 aromatic heterocycles. The van der Waals surface area contributed by atoms with Crippen LogP contribution in [0, 0.1) is 0 Å². The Morgan fingerprint density at radius 2 is 2.05 bits per heavy atom. The highest BCUT2D eigenvalue weighted by atomic mass is 16.4. The molecule has 3 heteroatoms. The van der Waals surface area contributed by atoms with Crippen LogP contribution in [0.2, 0.25) is 0 Å². The van der Waals surface area contributed by atoms with Crippen molar-refractivity contribution in [2.45, 2.75) is 38.8 Å². The van der Waals surface area contributed by atoms with Gasteiger partial charge >= 0.3 is 5.97 Å². The summed E-state index contributed by atoms with van der Waals surface area (Å²) in [5.41, 5.74) is 1.13. The highest BCUT2D eigenvalue weighted by Crippen LogP contribution is 2.11. The van der Waals surface area contributed by atoms with E-state index >= 15 is 0 Å². The molecule has 1 atom stereocenters. The molecule has 0 radical (unpaired) electrons. The summed E-state index contributed by atoms with van der Waals surface area (Å²) in [4.78, 5) is 13.3. The highest BCUT2D eigenvalue weighted by Gasteiger charge is 2.21. The van der Waals surface area contributed by atoms with Crippen LogP contribution in [-0.2, 0) is 11.3 Å². The Morgan fingerprint density at radius 3 is 2.58 bits per heavy atom. The summed E-state index contributed by atoms with van der Waals surface area (Å²) in [6.45, 7) is 7.22. The predicted octanol–water partition coefficient (Wildman–Crippen LogP) is 3.32. The number of benzene rings is 1. The average Bonchev–Trinajstić information content (AvgIpc) is 2.40. The molecule has 0 saturated heterocycles. The van der Waals surface area contributed by atoms with Crippen molar-refractivity contribution in [2.75, 3.05) is 6.54 Å². The zero-order chi connectivity index (χ0) is 14.1. The third-order valence-corrected chi connectivity index (χ3v) is 3.15. The van der Waals surface area contributed by atoms with E-state index in [-0.39, 0.29) is 0 Å². The van der Waals surface area contributed by atoms with Gasteiger partial charge in [-0.1, -0.05) is 56.2 Å². The van der Waals surface area contributed by atoms with Gasteiger partial charge in [0.2, 0.25) is 0 Å². The summed E-state index contributed by atoms with van der Waals surface area (Å²) in [6.07, 6.45) is 4.78. The lowest BCUT2D eigenvalue weighted by Crippen LogP contribution is -2.39. The van der Waals surface area contributed by atoms with Gasteiger partial charge in [0.1, 0.15) is 6.04 Å². The summed E-state index contributed by atoms with van der Waals surface area (Å²) in [7, 11) is 0. The van der Waals surface area contributed by atoms with Crippen molar-refractivity contribution in [2.24, 2.45) is 0 Å². The first-order valence-corrected chi connectivity index (χ1v) is 6.82. The van der Waals surface area contributed by atoms with E-state index in [1.807, 2.05) is 35.2 Å². The van der Waals surface area contributed by atoms with Crippen molar-refractivity contribution in [1.82, 2.24) is 4.90 Å². The first-order chi connectivity index (χ1) is 9.19. The second kappa shape index (κ2) is 8.48. The van der Waals surface area contributed by atoms with Crippen molar-refractivity contribution in [1.29, 1.82) is 0 Å². The Hall–Kier alpha value is -1.61. The maximum Gasteiger partial charge on any atom is 0.324 e. The monoisotopic (exact) mass is 261 g/mol. The van der Waals surface area contributed by atoms with Gasteiger partial charge in [0, 0.05) is 6.54 Å². The van der Waals surface area contributed by atoms with Crippen LogP contribution in [0.1, 0.15) is 31.7 Å². The van der Waals surface area contributed by atoms with Crippen molar-refractivity contribution >= 4 is 5.97 Å². The van der Waals surface area contributed by atoms with Gasteiger partial charge < -0.3 is 5.11 Å². The maximum absolute atomic E-state index is 11.3. The highest BCUT2D eigenvalue weighted by molar-refractivity contribution is 5.75. The standard InChI is InChI=1S/C16H23NO2/c1-3-5-9-12-17(15(4-2)16(18)19)13-14-10-7-6-8-11-14/h4,6-8,10-11,15H,2-3,5,9,12-13H2,1H3,(H,18,19). The number of hydrogen-bond donors (Lipinski definition) is 1. The molecule has 0 aliphatic carbocycles. The van der Waals surface area contributed by atoms with E-state index in [1.54, 1.807) is 0 Å². The number of unbranched alkanes of at least 4 members (excludes halogenated alkanes) is 2. The third kappa shape index (κ3) is 5.26. The Kier molecular flexibility index (Phi) is 6.90. The van der Waals surface area contributed by atoms with Crippen molar-refractivity contribution in [3.8, 4) is 0 Å². The molecule has 1 rings (SSSR count). The van der Waals surface area contributed by atoms with Crippen LogP contribution >= 0.6 is 0 Å². The minimum absolute atomic E-state index is 0.614. The van der Waals surface area contributed by atoms with Crippen LogP contribution in [-0.4, -0.2) is 28.6 Å². The van der Waals surface area contributed by atoms with Gasteiger partial charge in [0.05, 0.1) is 0 Å². The van der Waals surface area contributed by atoms with Gasteiger partial charge in [0.25, 0.3) is 0 Å². The first-order valence-electron chi connectivity index (χ1n) is 6.82. The molecule has 0 fully saturated rings. The van der Waals surface area contributed by atoms with E-state index in [4.69, 9.17) is 0 Å². The lowest BCUT2D eigenvalue weighted by molar-refractivity contribution is -0.141. The van der Waals surface area contributed by atoms with Crippen LogP contribution < -0.4 is 0 Å². The van der Waals surface area contributed by atoms with Gasteiger partial charge in [-0.25, -0.2) is 0 Å². The van der Waals surface area contributed by atoms with Gasteiger partial charge in [-0.3, -0.25) is 9.69 Å². The first kappa shape index (κ1) is 15.4. The van der Waals surface area contributed by atoms with Crippen molar-refractivity contribution in [3.63, 3.8) is 0 Å². The quantitative estimate of drug-likeness (QED) is 0.547. The summed E-state index contributed by atoms with van der Waals surface area (Å²) in [5.74, 6) is -0.831. The van der Waals surface area contributed by atoms with Gasteiger partial charge in [-0.05, 0) is 18.5 Å². The Balaban J connectivity index is 2.73. The molecule has 0 amide bonds. The second-order valence-electron chi connectivity index (χ2n) is 4.68. The molecule has 0 heterocycles. The van der Waals surface area contributed by atoms with E-state index in [0.717, 1.165) is 31.4 Å². The molecule has 0 aliphatic heterocycles. The number of carboxylic acids is 1. The largest absolute Gasteiger partial charge is 0.480 e. The summed E-state index contributed by atoms with van der Waals surface area (Å²) in [6, 6.07) is 9.35. The van der Waals surface area contributed by atoms with E-state index in [9.17, 15) is 9.90 Å². The molecule has 104 valence electrons. The Morgan fingerprint density at radius 1 is 1.37 bits per heavy atom. The van der Waals surface area contributed by atoms with Crippen molar-refractivity contribution in [3.05, 3.63) is 48.6 Å². The van der Waals surface area contributed by atoms with Gasteiger partial charge in [-0.2, -0.15) is 0 Å². The number of carboxylic acid groups (broad SMARTS) is 1. The predicted molar refractivity (Wildman–Crippen MR) is 78.0 cm³/mol. The minimum atomic E-state index is -0.831. The summed E-state index contributed by atoms with van der Waals surface area (Å²) in [5, 5.41) is 9.27. The topological polar surface area (TPSA) is 40.5 Å². The average molecular weight is 261 g/mol. The van der Waals surface area contributed by atoms with E-state index < -0.39 is 12.0 Å². The molecular weight excluding hydrogens is 238 g/mol. The van der Waals surface area contributed by atoms with Crippen LogP contribution in [0.15, 0.2) is 43.0 Å². The SMILES string of the molecule is C=CC(C(=O)O)N(CCCCC)Cc1ccccc1. The molecule has 0 aliphatic rings. The lowest BCUT2D eigenvalue weighted by Gasteiger charge is -2.26. The third-order valence-electron chi connectivity index (χ3n) is 3.15. The van der Waals surface area contributed by atoms with E-state index in [2.05, 4.69) is 13.5 Å². The molecule has 0 saturated carbocycles. The molecule has 3 nitrogen and oxygen atoms in total. The number of carbonyl (C=O) groups is 1. The lowest BCUT2D eigenvalue weighted by atomic mass is 10.1. The van der Waals surface area contributed by atoms with Crippen molar-refractivity contribution < 1.29 is 9.90 Å². The fraction of sp³-hybridized carbons (Fsp3) is 0.438. The van der Waals surface area contributed by atoms with Gasteiger partial charge in [-0.15, -0.1) is 6.58 Å². The minimum Gasteiger partial charge on any atom is -0.480 e.